The number of fused-ring (bicyclic) bond motifs is 2. The number of piperidine rings is 1. The number of nitrogens with zero attached hydrogens (tertiary/aromatic N) is 1. The van der Waals surface area contributed by atoms with Crippen LogP contribution < -0.4 is 14.9 Å². The Hall–Kier alpha value is -4.15. The fraction of sp³-hybridized carbons (Fsp3) is 0.281. The monoisotopic (exact) mass is 588 g/mol. The number of nitrogens with one attached hydrogen (secondary N) is 3. The number of benzene rings is 3. The summed E-state index contributed by atoms with van der Waals surface area (Å²) in [7, 11) is -0.527. The maximum absolute atomic E-state index is 14.4. The molecule has 3 heterocycles. The first-order valence-electron chi connectivity index (χ1n) is 13.9. The summed E-state index contributed by atoms with van der Waals surface area (Å²) in [6.45, 7) is 1.98. The van der Waals surface area contributed by atoms with Crippen molar-refractivity contribution in [3.63, 3.8) is 0 Å². The molecule has 3 aromatic carbocycles. The first-order valence-corrected chi connectivity index (χ1v) is 15.8. The average Bonchev–Trinajstić information content (AvgIpc) is 3.58. The van der Waals surface area contributed by atoms with E-state index >= 15 is 0 Å². The number of furan rings is 1. The normalized spacial score (nSPS) is 17.5. The molecule has 5 aromatic rings. The Morgan fingerprint density at radius 1 is 1.05 bits per heavy atom. The molecular weight excluding hydrogens is 555 g/mol. The number of carbonyl (C=O) groups is 1. The minimum atomic E-state index is -3.62. The van der Waals surface area contributed by atoms with Gasteiger partial charge in [-0.2, -0.15) is 0 Å². The van der Waals surface area contributed by atoms with Gasteiger partial charge in [-0.25, -0.2) is 12.8 Å². The number of aromatic amines is 1. The Balaban J connectivity index is 1.50. The van der Waals surface area contributed by atoms with Gasteiger partial charge < -0.3 is 20.0 Å². The van der Waals surface area contributed by atoms with Crippen molar-refractivity contribution in [1.82, 2.24) is 15.6 Å². The molecule has 0 spiro atoms. The van der Waals surface area contributed by atoms with E-state index in [1.807, 2.05) is 49.4 Å². The Kier molecular flexibility index (Phi) is 7.06. The minimum Gasteiger partial charge on any atom is -0.455 e. The molecule has 6 rings (SSSR count). The van der Waals surface area contributed by atoms with Crippen LogP contribution in [0.5, 0.6) is 0 Å². The molecule has 3 N–H and O–H groups in total. The van der Waals surface area contributed by atoms with Crippen LogP contribution in [0, 0.1) is 12.7 Å². The molecule has 1 fully saturated rings. The molecule has 8 nitrogen and oxygen atoms in total. The van der Waals surface area contributed by atoms with Gasteiger partial charge in [0.1, 0.15) is 17.2 Å². The van der Waals surface area contributed by atoms with Crippen molar-refractivity contribution in [3.8, 4) is 11.3 Å². The first kappa shape index (κ1) is 28.0. The van der Waals surface area contributed by atoms with Gasteiger partial charge in [-0.1, -0.05) is 35.9 Å². The highest BCUT2D eigenvalue weighted by Crippen LogP contribution is 2.43. The predicted octanol–water partition coefficient (Wildman–Crippen LogP) is 6.34. The molecule has 1 amide bonds. The van der Waals surface area contributed by atoms with Gasteiger partial charge in [0.25, 0.3) is 5.91 Å². The van der Waals surface area contributed by atoms with E-state index in [9.17, 15) is 17.6 Å². The fourth-order valence-electron chi connectivity index (χ4n) is 5.89. The largest absolute Gasteiger partial charge is 0.455 e. The average molecular weight is 589 g/mol. The number of halogens is 1. The lowest BCUT2D eigenvalue weighted by Gasteiger charge is -2.33. The van der Waals surface area contributed by atoms with Crippen molar-refractivity contribution >= 4 is 43.5 Å². The van der Waals surface area contributed by atoms with E-state index in [0.29, 0.717) is 33.4 Å². The summed E-state index contributed by atoms with van der Waals surface area (Å²) in [6, 6.07) is 17.8. The highest BCUT2D eigenvalue weighted by molar-refractivity contribution is 7.92. The minimum absolute atomic E-state index is 0.103. The van der Waals surface area contributed by atoms with E-state index in [1.54, 1.807) is 19.2 Å². The molecule has 42 heavy (non-hydrogen) atoms. The second kappa shape index (κ2) is 10.6. The number of rotatable bonds is 6. The Morgan fingerprint density at radius 2 is 1.79 bits per heavy atom. The van der Waals surface area contributed by atoms with E-state index in [-0.39, 0.29) is 23.8 Å². The number of sulfonamides is 1. The van der Waals surface area contributed by atoms with Crippen molar-refractivity contribution in [3.05, 3.63) is 88.9 Å². The van der Waals surface area contributed by atoms with Crippen LogP contribution in [0.2, 0.25) is 0 Å². The predicted molar refractivity (Wildman–Crippen MR) is 164 cm³/mol. The number of hydrogen-bond acceptors (Lipinski definition) is 5. The smallest absolute Gasteiger partial charge is 0.255 e. The van der Waals surface area contributed by atoms with Crippen LogP contribution in [0.15, 0.2) is 65.1 Å². The third-order valence-electron chi connectivity index (χ3n) is 8.21. The summed E-state index contributed by atoms with van der Waals surface area (Å²) >= 11 is 0. The van der Waals surface area contributed by atoms with Crippen LogP contribution >= 0.6 is 0 Å². The maximum Gasteiger partial charge on any atom is 0.255 e. The highest BCUT2D eigenvalue weighted by atomic mass is 32.2. The standard InChI is InChI=1S/C32H33FN4O4S/c1-18-11-13-19(14-12-18)31-30(32(38)34-2)22-15-21(28(17-29(22)41-31)37(3)42(4,39)40)25-9-6-10-26(35-25)27-16-20-23(33)7-5-8-24(20)36-27/h5,7-8,11-17,25-26,35-36H,6,9-10H2,1-4H3,(H,34,38). The van der Waals surface area contributed by atoms with Crippen molar-refractivity contribution in [2.24, 2.45) is 0 Å². The maximum atomic E-state index is 14.4. The van der Waals surface area contributed by atoms with Gasteiger partial charge >= 0.3 is 0 Å². The van der Waals surface area contributed by atoms with Crippen molar-refractivity contribution in [2.45, 2.75) is 38.3 Å². The Labute approximate surface area is 244 Å². The van der Waals surface area contributed by atoms with Crippen molar-refractivity contribution in [1.29, 1.82) is 0 Å². The molecule has 0 radical (unpaired) electrons. The van der Waals surface area contributed by atoms with Gasteiger partial charge in [0.2, 0.25) is 10.0 Å². The van der Waals surface area contributed by atoms with E-state index in [1.165, 1.54) is 17.4 Å². The van der Waals surface area contributed by atoms with Crippen LogP contribution in [0.4, 0.5) is 10.1 Å². The van der Waals surface area contributed by atoms with Crippen LogP contribution in [-0.4, -0.2) is 39.7 Å². The molecule has 10 heteroatoms. The Morgan fingerprint density at radius 3 is 2.48 bits per heavy atom. The molecule has 0 aliphatic carbocycles. The van der Waals surface area contributed by atoms with Crippen molar-refractivity contribution < 1.29 is 22.0 Å². The molecule has 1 aliphatic heterocycles. The van der Waals surface area contributed by atoms with Gasteiger partial charge in [-0.15, -0.1) is 0 Å². The lowest BCUT2D eigenvalue weighted by atomic mass is 9.90. The molecule has 1 saturated heterocycles. The number of H-pyrrole nitrogens is 1. The molecule has 2 aromatic heterocycles. The van der Waals surface area contributed by atoms with Gasteiger partial charge in [-0.05, 0) is 56.0 Å². The quantitative estimate of drug-likeness (QED) is 0.215. The van der Waals surface area contributed by atoms with Crippen LogP contribution in [-0.2, 0) is 10.0 Å². The number of aromatic nitrogens is 1. The summed E-state index contributed by atoms with van der Waals surface area (Å²) in [4.78, 5) is 16.6. The van der Waals surface area contributed by atoms with Crippen molar-refractivity contribution in [2.75, 3.05) is 24.7 Å². The second-order valence-electron chi connectivity index (χ2n) is 11.0. The zero-order valence-corrected chi connectivity index (χ0v) is 24.7. The summed E-state index contributed by atoms with van der Waals surface area (Å²) in [6.07, 6.45) is 3.60. The van der Waals surface area contributed by atoms with Crippen LogP contribution in [0.1, 0.15) is 58.5 Å². The summed E-state index contributed by atoms with van der Waals surface area (Å²) in [5, 5.41) is 7.54. The third-order valence-corrected chi connectivity index (χ3v) is 9.40. The van der Waals surface area contributed by atoms with E-state index in [0.717, 1.165) is 53.4 Å². The van der Waals surface area contributed by atoms with Gasteiger partial charge in [0.15, 0.2) is 0 Å². The number of amides is 1. The van der Waals surface area contributed by atoms with Gasteiger partial charge in [0.05, 0.1) is 17.5 Å². The number of hydrogen-bond donors (Lipinski definition) is 3. The lowest BCUT2D eigenvalue weighted by Crippen LogP contribution is -2.33. The SMILES string of the molecule is CNC(=O)c1c(-c2ccc(C)cc2)oc2cc(N(C)S(C)(=O)=O)c(C3CCCC(c4cc5c(F)cccc5[nH]4)N3)cc12. The molecule has 0 bridgehead atoms. The Bertz CT molecular complexity index is 1930. The summed E-state index contributed by atoms with van der Waals surface area (Å²) in [5.41, 5.74) is 5.44. The van der Waals surface area contributed by atoms with E-state index in [4.69, 9.17) is 4.42 Å². The fourth-order valence-corrected chi connectivity index (χ4v) is 6.41. The number of anilines is 1. The molecule has 0 saturated carbocycles. The molecular formula is C32H33FN4O4S. The molecule has 1 aliphatic rings. The third kappa shape index (κ3) is 4.94. The van der Waals surface area contributed by atoms with Crippen LogP contribution in [0.25, 0.3) is 33.2 Å². The number of aryl methyl sites for hydroxylation is 1. The van der Waals surface area contributed by atoms with Crippen LogP contribution in [0.3, 0.4) is 0 Å². The molecule has 2 unspecified atom stereocenters. The highest BCUT2D eigenvalue weighted by Gasteiger charge is 2.31. The van der Waals surface area contributed by atoms with E-state index in [2.05, 4.69) is 15.6 Å². The first-order chi connectivity index (χ1) is 20.0. The molecule has 2 atom stereocenters. The van der Waals surface area contributed by atoms with E-state index < -0.39 is 10.0 Å². The number of carbonyl (C=O) groups excluding carboxylic acids is 1. The van der Waals surface area contributed by atoms with Gasteiger partial charge in [-0.3, -0.25) is 9.10 Å². The lowest BCUT2D eigenvalue weighted by molar-refractivity contribution is 0.0964. The summed E-state index contributed by atoms with van der Waals surface area (Å²) < 4.78 is 47.5. The zero-order valence-electron chi connectivity index (χ0n) is 23.9. The zero-order chi connectivity index (χ0) is 29.8. The van der Waals surface area contributed by atoms with Gasteiger partial charge in [0, 0.05) is 59.8 Å². The summed E-state index contributed by atoms with van der Waals surface area (Å²) in [5.74, 6) is -0.158. The molecule has 218 valence electrons. The topological polar surface area (TPSA) is 107 Å². The second-order valence-corrected chi connectivity index (χ2v) is 13.0.